The number of anilines is 1. The molecule has 1 aromatic carbocycles. The second-order valence-corrected chi connectivity index (χ2v) is 8.06. The van der Waals surface area contributed by atoms with E-state index < -0.39 is 6.09 Å². The summed E-state index contributed by atoms with van der Waals surface area (Å²) < 4.78 is 16.7. The largest absolute Gasteiger partial charge is 0.492 e. The molecule has 0 fully saturated rings. The summed E-state index contributed by atoms with van der Waals surface area (Å²) in [6, 6.07) is 7.68. The van der Waals surface area contributed by atoms with Gasteiger partial charge in [0.15, 0.2) is 0 Å². The molecule has 1 atom stereocenters. The van der Waals surface area contributed by atoms with Gasteiger partial charge in [-0.15, -0.1) is 0 Å². The Morgan fingerprint density at radius 2 is 2.14 bits per heavy atom. The number of hydrogen-bond donors (Lipinski definition) is 2. The van der Waals surface area contributed by atoms with Crippen molar-refractivity contribution in [3.63, 3.8) is 0 Å². The van der Waals surface area contributed by atoms with Crippen molar-refractivity contribution < 1.29 is 19.0 Å². The average Bonchev–Trinajstić information content (AvgIpc) is 2.65. The number of pyridine rings is 1. The molecule has 156 valence electrons. The van der Waals surface area contributed by atoms with Crippen molar-refractivity contribution in [2.45, 2.75) is 46.3 Å². The van der Waals surface area contributed by atoms with Crippen LogP contribution in [0.5, 0.6) is 11.5 Å². The summed E-state index contributed by atoms with van der Waals surface area (Å²) in [5.41, 5.74) is 8.85. The van der Waals surface area contributed by atoms with E-state index in [2.05, 4.69) is 24.1 Å². The highest BCUT2D eigenvalue weighted by Crippen LogP contribution is 2.39. The van der Waals surface area contributed by atoms with Crippen molar-refractivity contribution in [3.8, 4) is 22.6 Å². The molecule has 0 bridgehead atoms. The first-order valence-corrected chi connectivity index (χ1v) is 9.89. The van der Waals surface area contributed by atoms with Crippen molar-refractivity contribution in [2.24, 2.45) is 11.7 Å². The zero-order chi connectivity index (χ0) is 21.0. The molecule has 7 heteroatoms. The van der Waals surface area contributed by atoms with Crippen LogP contribution in [-0.4, -0.2) is 29.8 Å². The molecular formula is C22H29N3O4. The quantitative estimate of drug-likeness (QED) is 0.718. The first-order chi connectivity index (χ1) is 13.8. The van der Waals surface area contributed by atoms with E-state index in [1.165, 1.54) is 0 Å². The molecule has 1 aliphatic rings. The minimum atomic E-state index is -0.535. The molecule has 0 spiro atoms. The summed E-state index contributed by atoms with van der Waals surface area (Å²) in [6.45, 7) is 9.23. The molecule has 3 rings (SSSR count). The van der Waals surface area contributed by atoms with E-state index in [4.69, 9.17) is 19.9 Å². The van der Waals surface area contributed by atoms with Crippen molar-refractivity contribution in [3.05, 3.63) is 36.0 Å². The van der Waals surface area contributed by atoms with Crippen LogP contribution in [0.3, 0.4) is 0 Å². The Kier molecular flexibility index (Phi) is 6.27. The van der Waals surface area contributed by atoms with E-state index in [0.29, 0.717) is 37.3 Å². The Bertz CT molecular complexity index is 880. The topological polar surface area (TPSA) is 95.7 Å². The summed E-state index contributed by atoms with van der Waals surface area (Å²) in [5.74, 6) is 2.35. The summed E-state index contributed by atoms with van der Waals surface area (Å²) in [5, 5.41) is 2.62. The highest BCUT2D eigenvalue weighted by molar-refractivity contribution is 5.86. The third kappa shape index (κ3) is 5.38. The van der Waals surface area contributed by atoms with E-state index in [9.17, 15) is 4.79 Å². The zero-order valence-corrected chi connectivity index (χ0v) is 17.5. The minimum Gasteiger partial charge on any atom is -0.492 e. The Morgan fingerprint density at radius 3 is 2.86 bits per heavy atom. The van der Waals surface area contributed by atoms with Gasteiger partial charge in [0, 0.05) is 16.7 Å². The molecule has 0 aliphatic carbocycles. The van der Waals surface area contributed by atoms with Crippen LogP contribution in [0.4, 0.5) is 10.6 Å². The lowest BCUT2D eigenvalue weighted by molar-refractivity contribution is 0.168. The fraction of sp³-hybridized carbons (Fsp3) is 0.455. The SMILES string of the molecule is CCOC(=O)Nc1cc2c(cn1)OCc1cc(OC[C@@](C)(N)CC(C)C)ccc1-2. The Morgan fingerprint density at radius 1 is 1.34 bits per heavy atom. The van der Waals surface area contributed by atoms with Crippen LogP contribution in [0.1, 0.15) is 39.7 Å². The molecule has 2 aromatic rings. The average molecular weight is 399 g/mol. The number of amides is 1. The van der Waals surface area contributed by atoms with Gasteiger partial charge in [-0.1, -0.05) is 19.9 Å². The second kappa shape index (κ2) is 8.69. The lowest BCUT2D eigenvalue weighted by Crippen LogP contribution is -2.43. The first-order valence-electron chi connectivity index (χ1n) is 9.89. The highest BCUT2D eigenvalue weighted by atomic mass is 16.5. The van der Waals surface area contributed by atoms with Crippen molar-refractivity contribution in [1.29, 1.82) is 0 Å². The number of aromatic nitrogens is 1. The maximum absolute atomic E-state index is 11.7. The van der Waals surface area contributed by atoms with E-state index in [-0.39, 0.29) is 5.54 Å². The van der Waals surface area contributed by atoms with Gasteiger partial charge >= 0.3 is 6.09 Å². The summed E-state index contributed by atoms with van der Waals surface area (Å²) in [7, 11) is 0. The lowest BCUT2D eigenvalue weighted by atomic mass is 9.93. The van der Waals surface area contributed by atoms with Gasteiger partial charge in [-0.2, -0.15) is 0 Å². The van der Waals surface area contributed by atoms with Crippen molar-refractivity contribution >= 4 is 11.9 Å². The van der Waals surface area contributed by atoms with Gasteiger partial charge in [0.25, 0.3) is 0 Å². The second-order valence-electron chi connectivity index (χ2n) is 8.06. The van der Waals surface area contributed by atoms with Gasteiger partial charge in [0.1, 0.15) is 30.5 Å². The Hall–Kier alpha value is -2.80. The predicted molar refractivity (Wildman–Crippen MR) is 112 cm³/mol. The molecule has 7 nitrogen and oxygen atoms in total. The van der Waals surface area contributed by atoms with Gasteiger partial charge in [-0.25, -0.2) is 9.78 Å². The molecule has 29 heavy (non-hydrogen) atoms. The van der Waals surface area contributed by atoms with Crippen molar-refractivity contribution in [1.82, 2.24) is 4.98 Å². The van der Waals surface area contributed by atoms with Crippen LogP contribution in [-0.2, 0) is 11.3 Å². The normalized spacial score (nSPS) is 14.3. The smallest absolute Gasteiger partial charge is 0.412 e. The third-order valence-electron chi connectivity index (χ3n) is 4.57. The first kappa shape index (κ1) is 20.9. The number of carbonyl (C=O) groups excluding carboxylic acids is 1. The Labute approximate surface area is 171 Å². The van der Waals surface area contributed by atoms with Gasteiger partial charge in [-0.05, 0) is 49.9 Å². The highest BCUT2D eigenvalue weighted by Gasteiger charge is 2.23. The van der Waals surface area contributed by atoms with Gasteiger partial charge in [0.2, 0.25) is 0 Å². The molecule has 0 saturated carbocycles. The Balaban J connectivity index is 1.77. The van der Waals surface area contributed by atoms with Crippen LogP contribution < -0.4 is 20.5 Å². The van der Waals surface area contributed by atoms with E-state index in [0.717, 1.165) is 28.9 Å². The number of ether oxygens (including phenoxy) is 3. The molecule has 0 saturated heterocycles. The molecule has 2 heterocycles. The fourth-order valence-corrected chi connectivity index (χ4v) is 3.55. The zero-order valence-electron chi connectivity index (χ0n) is 17.5. The predicted octanol–water partition coefficient (Wildman–Crippen LogP) is 4.35. The van der Waals surface area contributed by atoms with Gasteiger partial charge < -0.3 is 19.9 Å². The molecule has 1 aromatic heterocycles. The standard InChI is InChI=1S/C22H29N3O4/c1-5-27-21(26)25-20-9-18-17-7-6-16(29-13-22(4,23)10-14(2)3)8-15(17)12-28-19(18)11-24-20/h6-9,11,14H,5,10,12-13,23H2,1-4H3,(H,24,25,26)/t22-/m0/s1. The van der Waals surface area contributed by atoms with E-state index in [1.807, 2.05) is 25.1 Å². The molecule has 0 unspecified atom stereocenters. The molecule has 3 N–H and O–H groups in total. The van der Waals surface area contributed by atoms with Crippen LogP contribution in [0.15, 0.2) is 30.5 Å². The van der Waals surface area contributed by atoms with Crippen molar-refractivity contribution in [2.75, 3.05) is 18.5 Å². The molecular weight excluding hydrogens is 370 g/mol. The number of nitrogens with zero attached hydrogens (tertiary/aromatic N) is 1. The van der Waals surface area contributed by atoms with Crippen LogP contribution in [0.2, 0.25) is 0 Å². The number of nitrogens with one attached hydrogen (secondary N) is 1. The number of rotatable bonds is 7. The summed E-state index contributed by atoms with van der Waals surface area (Å²) in [4.78, 5) is 15.9. The van der Waals surface area contributed by atoms with Gasteiger partial charge in [0.05, 0.1) is 12.8 Å². The molecule has 0 radical (unpaired) electrons. The number of benzene rings is 1. The maximum atomic E-state index is 11.7. The fourth-order valence-electron chi connectivity index (χ4n) is 3.55. The van der Waals surface area contributed by atoms with E-state index in [1.54, 1.807) is 19.2 Å². The number of hydrogen-bond acceptors (Lipinski definition) is 6. The van der Waals surface area contributed by atoms with E-state index >= 15 is 0 Å². The number of nitrogens with two attached hydrogens (primary N) is 1. The summed E-state index contributed by atoms with van der Waals surface area (Å²) in [6.07, 6.45) is 1.96. The summed E-state index contributed by atoms with van der Waals surface area (Å²) >= 11 is 0. The maximum Gasteiger partial charge on any atom is 0.412 e. The van der Waals surface area contributed by atoms with Crippen LogP contribution in [0, 0.1) is 5.92 Å². The molecule has 1 aliphatic heterocycles. The number of carbonyl (C=O) groups is 1. The molecule has 1 amide bonds. The monoisotopic (exact) mass is 399 g/mol. The van der Waals surface area contributed by atoms with Crippen LogP contribution in [0.25, 0.3) is 11.1 Å². The lowest BCUT2D eigenvalue weighted by Gasteiger charge is -2.27. The third-order valence-corrected chi connectivity index (χ3v) is 4.57. The minimum absolute atomic E-state index is 0.296. The number of fused-ring (bicyclic) bond motifs is 3. The van der Waals surface area contributed by atoms with Gasteiger partial charge in [-0.3, -0.25) is 5.32 Å². The van der Waals surface area contributed by atoms with Crippen LogP contribution >= 0.6 is 0 Å².